The van der Waals surface area contributed by atoms with Crippen LogP contribution < -0.4 is 5.32 Å². The van der Waals surface area contributed by atoms with E-state index in [-0.39, 0.29) is 11.9 Å². The summed E-state index contributed by atoms with van der Waals surface area (Å²) in [7, 11) is 0. The Kier molecular flexibility index (Phi) is 4.91. The SMILES string of the molecule is CCSCCC(C)NC(=O)c1cccc2[nH]ccc12. The fraction of sp³-hybridized carbons (Fsp3) is 0.400. The minimum atomic E-state index is 0.0131. The van der Waals surface area contributed by atoms with Gasteiger partial charge in [0.25, 0.3) is 5.91 Å². The summed E-state index contributed by atoms with van der Waals surface area (Å²) in [5.74, 6) is 2.23. The van der Waals surface area contributed by atoms with E-state index in [9.17, 15) is 4.79 Å². The van der Waals surface area contributed by atoms with Crippen LogP contribution in [0.25, 0.3) is 10.9 Å². The fourth-order valence-corrected chi connectivity index (χ4v) is 2.87. The Morgan fingerprint density at radius 3 is 3.05 bits per heavy atom. The Morgan fingerprint density at radius 1 is 1.42 bits per heavy atom. The van der Waals surface area contributed by atoms with Gasteiger partial charge >= 0.3 is 0 Å². The highest BCUT2D eigenvalue weighted by molar-refractivity contribution is 7.99. The third kappa shape index (κ3) is 3.53. The van der Waals surface area contributed by atoms with Gasteiger partial charge in [0, 0.05) is 28.7 Å². The molecule has 1 heterocycles. The number of rotatable bonds is 6. The molecule has 1 aromatic carbocycles. The number of thioether (sulfide) groups is 1. The molecule has 0 aliphatic carbocycles. The maximum absolute atomic E-state index is 12.3. The third-order valence-corrected chi connectivity index (χ3v) is 4.05. The van der Waals surface area contributed by atoms with Crippen molar-refractivity contribution < 1.29 is 4.79 Å². The smallest absolute Gasteiger partial charge is 0.252 e. The first-order valence-electron chi connectivity index (χ1n) is 6.67. The zero-order chi connectivity index (χ0) is 13.7. The zero-order valence-electron chi connectivity index (χ0n) is 11.4. The molecular formula is C15H20N2OS. The summed E-state index contributed by atoms with van der Waals surface area (Å²) in [6, 6.07) is 7.92. The molecule has 4 heteroatoms. The zero-order valence-corrected chi connectivity index (χ0v) is 12.2. The van der Waals surface area contributed by atoms with Gasteiger partial charge in [0.15, 0.2) is 0 Å². The average Bonchev–Trinajstić information content (AvgIpc) is 2.86. The molecule has 1 amide bonds. The molecule has 0 aliphatic heterocycles. The molecule has 0 spiro atoms. The lowest BCUT2D eigenvalue weighted by Crippen LogP contribution is -2.33. The molecule has 1 atom stereocenters. The Hall–Kier alpha value is -1.42. The quantitative estimate of drug-likeness (QED) is 0.794. The lowest BCUT2D eigenvalue weighted by atomic mass is 10.1. The van der Waals surface area contributed by atoms with Crippen LogP contribution in [0.3, 0.4) is 0 Å². The van der Waals surface area contributed by atoms with Crippen molar-refractivity contribution in [1.82, 2.24) is 10.3 Å². The number of benzene rings is 1. The molecule has 2 N–H and O–H groups in total. The van der Waals surface area contributed by atoms with Crippen molar-refractivity contribution in [1.29, 1.82) is 0 Å². The number of hydrogen-bond donors (Lipinski definition) is 2. The van der Waals surface area contributed by atoms with Gasteiger partial charge < -0.3 is 10.3 Å². The summed E-state index contributed by atoms with van der Waals surface area (Å²) in [6.45, 7) is 4.21. The molecule has 0 saturated carbocycles. The van der Waals surface area contributed by atoms with Crippen molar-refractivity contribution in [2.75, 3.05) is 11.5 Å². The van der Waals surface area contributed by atoms with Crippen LogP contribution in [0.1, 0.15) is 30.6 Å². The summed E-state index contributed by atoms with van der Waals surface area (Å²) >= 11 is 1.91. The second-order valence-corrected chi connectivity index (χ2v) is 6.00. The lowest BCUT2D eigenvalue weighted by molar-refractivity contribution is 0.0941. The lowest BCUT2D eigenvalue weighted by Gasteiger charge is -2.14. The van der Waals surface area contributed by atoms with Crippen LogP contribution >= 0.6 is 11.8 Å². The standard InChI is InChI=1S/C15H20N2OS/c1-3-19-10-8-11(2)17-15(18)13-5-4-6-14-12(13)7-9-16-14/h4-7,9,11,16H,3,8,10H2,1-2H3,(H,17,18). The number of fused-ring (bicyclic) bond motifs is 1. The number of aromatic nitrogens is 1. The van der Waals surface area contributed by atoms with Crippen LogP contribution in [0.2, 0.25) is 0 Å². The molecular weight excluding hydrogens is 256 g/mol. The largest absolute Gasteiger partial charge is 0.361 e. The van der Waals surface area contributed by atoms with Crippen LogP contribution in [0.4, 0.5) is 0 Å². The summed E-state index contributed by atoms with van der Waals surface area (Å²) in [5, 5.41) is 4.05. The van der Waals surface area contributed by atoms with Gasteiger partial charge in [0.1, 0.15) is 0 Å². The van der Waals surface area contributed by atoms with E-state index in [1.165, 1.54) is 0 Å². The number of hydrogen-bond acceptors (Lipinski definition) is 2. The fourth-order valence-electron chi connectivity index (χ4n) is 2.06. The highest BCUT2D eigenvalue weighted by Crippen LogP contribution is 2.17. The van der Waals surface area contributed by atoms with Gasteiger partial charge in [0.2, 0.25) is 0 Å². The van der Waals surface area contributed by atoms with Gasteiger partial charge in [-0.15, -0.1) is 0 Å². The normalized spacial score (nSPS) is 12.5. The molecule has 2 aromatic rings. The van der Waals surface area contributed by atoms with Crippen molar-refractivity contribution in [3.8, 4) is 0 Å². The first-order valence-corrected chi connectivity index (χ1v) is 7.82. The van der Waals surface area contributed by atoms with E-state index in [2.05, 4.69) is 24.1 Å². The summed E-state index contributed by atoms with van der Waals surface area (Å²) in [6.07, 6.45) is 2.87. The van der Waals surface area contributed by atoms with Gasteiger partial charge in [-0.1, -0.05) is 13.0 Å². The maximum atomic E-state index is 12.3. The monoisotopic (exact) mass is 276 g/mol. The van der Waals surface area contributed by atoms with E-state index < -0.39 is 0 Å². The van der Waals surface area contributed by atoms with E-state index in [4.69, 9.17) is 0 Å². The second kappa shape index (κ2) is 6.66. The summed E-state index contributed by atoms with van der Waals surface area (Å²) in [5.41, 5.74) is 1.75. The Morgan fingerprint density at radius 2 is 2.26 bits per heavy atom. The Bertz CT molecular complexity index is 550. The predicted molar refractivity (Wildman–Crippen MR) is 82.8 cm³/mol. The van der Waals surface area contributed by atoms with E-state index in [0.717, 1.165) is 34.4 Å². The molecule has 1 aromatic heterocycles. The maximum Gasteiger partial charge on any atom is 0.252 e. The number of carbonyl (C=O) groups is 1. The molecule has 3 nitrogen and oxygen atoms in total. The minimum Gasteiger partial charge on any atom is -0.361 e. The highest BCUT2D eigenvalue weighted by Gasteiger charge is 2.12. The first kappa shape index (κ1) is 14.0. The van der Waals surface area contributed by atoms with Gasteiger partial charge in [0.05, 0.1) is 0 Å². The number of amides is 1. The average molecular weight is 276 g/mol. The molecule has 19 heavy (non-hydrogen) atoms. The van der Waals surface area contributed by atoms with Crippen LogP contribution in [0.15, 0.2) is 30.5 Å². The molecule has 0 saturated heterocycles. The van der Waals surface area contributed by atoms with Crippen molar-refractivity contribution in [3.63, 3.8) is 0 Å². The molecule has 0 bridgehead atoms. The number of aromatic amines is 1. The second-order valence-electron chi connectivity index (χ2n) is 4.60. The number of H-pyrrole nitrogens is 1. The Balaban J connectivity index is 2.01. The van der Waals surface area contributed by atoms with Crippen LogP contribution in [0.5, 0.6) is 0 Å². The Labute approximate surface area is 118 Å². The molecule has 0 fully saturated rings. The summed E-state index contributed by atoms with van der Waals surface area (Å²) in [4.78, 5) is 15.4. The van der Waals surface area contributed by atoms with Crippen LogP contribution in [0, 0.1) is 0 Å². The molecule has 0 aliphatic rings. The molecule has 1 unspecified atom stereocenters. The van der Waals surface area contributed by atoms with Gasteiger partial charge in [-0.05, 0) is 43.0 Å². The van der Waals surface area contributed by atoms with Crippen molar-refractivity contribution in [2.24, 2.45) is 0 Å². The van der Waals surface area contributed by atoms with E-state index >= 15 is 0 Å². The van der Waals surface area contributed by atoms with Gasteiger partial charge in [-0.2, -0.15) is 11.8 Å². The van der Waals surface area contributed by atoms with Gasteiger partial charge in [-0.3, -0.25) is 4.79 Å². The van der Waals surface area contributed by atoms with E-state index in [1.807, 2.05) is 42.2 Å². The minimum absolute atomic E-state index is 0.0131. The molecule has 102 valence electrons. The third-order valence-electron chi connectivity index (χ3n) is 3.12. The van der Waals surface area contributed by atoms with Crippen molar-refractivity contribution in [2.45, 2.75) is 26.3 Å². The van der Waals surface area contributed by atoms with E-state index in [1.54, 1.807) is 0 Å². The number of nitrogens with one attached hydrogen (secondary N) is 2. The number of carbonyl (C=O) groups excluding carboxylic acids is 1. The predicted octanol–water partition coefficient (Wildman–Crippen LogP) is 3.43. The topological polar surface area (TPSA) is 44.9 Å². The van der Waals surface area contributed by atoms with Gasteiger partial charge in [-0.25, -0.2) is 0 Å². The molecule has 0 radical (unpaired) electrons. The first-order chi connectivity index (χ1) is 9.22. The van der Waals surface area contributed by atoms with Crippen molar-refractivity contribution >= 4 is 28.6 Å². The molecule has 2 rings (SSSR count). The van der Waals surface area contributed by atoms with Crippen molar-refractivity contribution in [3.05, 3.63) is 36.0 Å². The van der Waals surface area contributed by atoms with Crippen LogP contribution in [-0.2, 0) is 0 Å². The van der Waals surface area contributed by atoms with E-state index in [0.29, 0.717) is 0 Å². The highest BCUT2D eigenvalue weighted by atomic mass is 32.2. The summed E-state index contributed by atoms with van der Waals surface area (Å²) < 4.78 is 0. The van der Waals surface area contributed by atoms with Crippen LogP contribution in [-0.4, -0.2) is 28.4 Å².